The molecule has 3 rings (SSSR count). The highest BCUT2D eigenvalue weighted by Gasteiger charge is 2.25. The van der Waals surface area contributed by atoms with Crippen molar-refractivity contribution in [3.8, 4) is 17.0 Å². The molecule has 0 aliphatic heterocycles. The number of amides is 1. The van der Waals surface area contributed by atoms with Gasteiger partial charge in [0.15, 0.2) is 0 Å². The summed E-state index contributed by atoms with van der Waals surface area (Å²) in [6, 6.07) is 11.2. The van der Waals surface area contributed by atoms with E-state index in [1.165, 1.54) is 18.2 Å². The topological polar surface area (TPSA) is 64.4 Å². The minimum absolute atomic E-state index is 0.0295. The number of rotatable bonds is 5. The molecule has 27 heavy (non-hydrogen) atoms. The van der Waals surface area contributed by atoms with Crippen LogP contribution in [0.15, 0.2) is 47.0 Å². The van der Waals surface area contributed by atoms with Gasteiger partial charge in [0, 0.05) is 5.69 Å². The van der Waals surface area contributed by atoms with Crippen molar-refractivity contribution in [2.45, 2.75) is 26.9 Å². The third-order valence-electron chi connectivity index (χ3n) is 3.77. The van der Waals surface area contributed by atoms with E-state index in [0.717, 1.165) is 0 Å². The van der Waals surface area contributed by atoms with Gasteiger partial charge in [-0.1, -0.05) is 22.8 Å². The summed E-state index contributed by atoms with van der Waals surface area (Å²) in [6.07, 6.45) is 0.0539. The first-order valence-electron chi connectivity index (χ1n) is 8.35. The first-order chi connectivity index (χ1) is 12.9. The maximum atomic E-state index is 14.3. The molecular formula is C20H18ClFN2O3. The van der Waals surface area contributed by atoms with Gasteiger partial charge < -0.3 is 14.6 Å². The third-order valence-corrected chi connectivity index (χ3v) is 4.09. The van der Waals surface area contributed by atoms with E-state index in [1.807, 2.05) is 13.8 Å². The second-order valence-corrected chi connectivity index (χ2v) is 6.61. The number of halogens is 2. The van der Waals surface area contributed by atoms with Crippen molar-refractivity contribution in [2.24, 2.45) is 0 Å². The molecule has 5 nitrogen and oxygen atoms in total. The molecule has 0 radical (unpaired) electrons. The monoisotopic (exact) mass is 388 g/mol. The summed E-state index contributed by atoms with van der Waals surface area (Å²) in [5.41, 5.74) is 0.779. The first kappa shape index (κ1) is 18.9. The van der Waals surface area contributed by atoms with Crippen LogP contribution in [0.4, 0.5) is 10.1 Å². The van der Waals surface area contributed by atoms with E-state index in [2.05, 4.69) is 10.5 Å². The van der Waals surface area contributed by atoms with Crippen LogP contribution in [-0.4, -0.2) is 17.2 Å². The Morgan fingerprint density at radius 2 is 1.93 bits per heavy atom. The number of benzene rings is 2. The average Bonchev–Trinajstić information content (AvgIpc) is 2.97. The van der Waals surface area contributed by atoms with Crippen LogP contribution in [-0.2, 0) is 0 Å². The normalized spacial score (nSPS) is 10.9. The van der Waals surface area contributed by atoms with E-state index in [9.17, 15) is 9.18 Å². The van der Waals surface area contributed by atoms with E-state index in [-0.39, 0.29) is 33.7 Å². The number of anilines is 1. The van der Waals surface area contributed by atoms with Gasteiger partial charge in [-0.2, -0.15) is 0 Å². The molecule has 1 aromatic heterocycles. The molecule has 2 aromatic carbocycles. The fourth-order valence-electron chi connectivity index (χ4n) is 2.62. The minimum atomic E-state index is -0.583. The van der Waals surface area contributed by atoms with Gasteiger partial charge in [0.2, 0.25) is 0 Å². The number of ether oxygens (including phenoxy) is 1. The standard InChI is InChI=1S/C20H18ClFN2O3/c1-11(2)26-14-9-7-13(8-10-14)23-20(25)17-12(3)27-24-19(17)18-15(21)5-4-6-16(18)22/h4-11H,1-3H3,(H,23,25). The largest absolute Gasteiger partial charge is 0.491 e. The summed E-state index contributed by atoms with van der Waals surface area (Å²) < 4.78 is 25.0. The number of carbonyl (C=O) groups excluding carboxylic acids is 1. The highest BCUT2D eigenvalue weighted by Crippen LogP contribution is 2.33. The molecule has 0 bridgehead atoms. The number of aryl methyl sites for hydroxylation is 1. The van der Waals surface area contributed by atoms with Gasteiger partial charge in [-0.05, 0) is 57.2 Å². The van der Waals surface area contributed by atoms with Crippen LogP contribution in [0.1, 0.15) is 30.0 Å². The molecule has 3 aromatic rings. The Morgan fingerprint density at radius 3 is 2.56 bits per heavy atom. The molecule has 1 amide bonds. The maximum Gasteiger partial charge on any atom is 0.261 e. The Hall–Kier alpha value is -2.86. The summed E-state index contributed by atoms with van der Waals surface area (Å²) in [5.74, 6) is -0.0924. The van der Waals surface area contributed by atoms with Gasteiger partial charge in [-0.15, -0.1) is 0 Å². The van der Waals surface area contributed by atoms with Crippen molar-refractivity contribution in [2.75, 3.05) is 5.32 Å². The van der Waals surface area contributed by atoms with Crippen molar-refractivity contribution < 1.29 is 18.4 Å². The molecule has 0 aliphatic rings. The van der Waals surface area contributed by atoms with E-state index in [4.69, 9.17) is 20.9 Å². The molecule has 1 heterocycles. The molecule has 0 atom stereocenters. The Kier molecular flexibility index (Phi) is 5.46. The molecule has 1 N–H and O–H groups in total. The van der Waals surface area contributed by atoms with Crippen LogP contribution in [0.3, 0.4) is 0 Å². The zero-order chi connectivity index (χ0) is 19.6. The first-order valence-corrected chi connectivity index (χ1v) is 8.73. The number of carbonyl (C=O) groups is 1. The van der Waals surface area contributed by atoms with Gasteiger partial charge in [-0.3, -0.25) is 4.79 Å². The van der Waals surface area contributed by atoms with Crippen LogP contribution < -0.4 is 10.1 Å². The van der Waals surface area contributed by atoms with Gasteiger partial charge in [0.1, 0.15) is 28.6 Å². The van der Waals surface area contributed by atoms with Crippen LogP contribution >= 0.6 is 11.6 Å². The fourth-order valence-corrected chi connectivity index (χ4v) is 2.87. The number of nitrogens with one attached hydrogen (secondary N) is 1. The molecule has 7 heteroatoms. The molecule has 0 spiro atoms. The highest BCUT2D eigenvalue weighted by molar-refractivity contribution is 6.33. The fraction of sp³-hybridized carbons (Fsp3) is 0.200. The summed E-state index contributed by atoms with van der Waals surface area (Å²) in [4.78, 5) is 12.8. The van der Waals surface area contributed by atoms with Gasteiger partial charge >= 0.3 is 0 Å². The summed E-state index contributed by atoms with van der Waals surface area (Å²) >= 11 is 6.10. The van der Waals surface area contributed by atoms with Crippen LogP contribution in [0.25, 0.3) is 11.3 Å². The predicted molar refractivity (Wildman–Crippen MR) is 102 cm³/mol. The van der Waals surface area contributed by atoms with E-state index in [0.29, 0.717) is 11.4 Å². The lowest BCUT2D eigenvalue weighted by Crippen LogP contribution is -2.14. The Bertz CT molecular complexity index is 948. The summed E-state index contributed by atoms with van der Waals surface area (Å²) in [5, 5.41) is 6.74. The zero-order valence-electron chi connectivity index (χ0n) is 15.0. The van der Waals surface area contributed by atoms with E-state index < -0.39 is 11.7 Å². The van der Waals surface area contributed by atoms with Gasteiger partial charge in [0.05, 0.1) is 16.7 Å². The second kappa shape index (κ2) is 7.80. The lowest BCUT2D eigenvalue weighted by Gasteiger charge is -2.11. The van der Waals surface area contributed by atoms with Gasteiger partial charge in [-0.25, -0.2) is 4.39 Å². The third kappa shape index (κ3) is 4.11. The predicted octanol–water partition coefficient (Wildman–Crippen LogP) is 5.48. The Balaban J connectivity index is 1.89. The summed E-state index contributed by atoms with van der Waals surface area (Å²) in [7, 11) is 0. The van der Waals surface area contributed by atoms with Crippen LogP contribution in [0.5, 0.6) is 5.75 Å². The van der Waals surface area contributed by atoms with Crippen molar-refractivity contribution in [1.29, 1.82) is 0 Å². The Morgan fingerprint density at radius 1 is 1.22 bits per heavy atom. The van der Waals surface area contributed by atoms with Crippen molar-refractivity contribution in [1.82, 2.24) is 5.16 Å². The lowest BCUT2D eigenvalue weighted by molar-refractivity contribution is 0.102. The molecule has 0 saturated heterocycles. The maximum absolute atomic E-state index is 14.3. The van der Waals surface area contributed by atoms with E-state index in [1.54, 1.807) is 31.2 Å². The van der Waals surface area contributed by atoms with Crippen molar-refractivity contribution in [3.05, 3.63) is 64.6 Å². The number of hydrogen-bond donors (Lipinski definition) is 1. The summed E-state index contributed by atoms with van der Waals surface area (Å²) in [6.45, 7) is 5.44. The highest BCUT2D eigenvalue weighted by atomic mass is 35.5. The second-order valence-electron chi connectivity index (χ2n) is 6.20. The number of aromatic nitrogens is 1. The van der Waals surface area contributed by atoms with Gasteiger partial charge in [0.25, 0.3) is 5.91 Å². The van der Waals surface area contributed by atoms with E-state index >= 15 is 0 Å². The smallest absolute Gasteiger partial charge is 0.261 e. The molecule has 0 unspecified atom stereocenters. The molecule has 0 saturated carbocycles. The minimum Gasteiger partial charge on any atom is -0.491 e. The Labute approximate surface area is 161 Å². The molecule has 0 aliphatic carbocycles. The van der Waals surface area contributed by atoms with Crippen molar-refractivity contribution in [3.63, 3.8) is 0 Å². The SMILES string of the molecule is Cc1onc(-c2c(F)cccc2Cl)c1C(=O)Nc1ccc(OC(C)C)cc1. The van der Waals surface area contributed by atoms with Crippen LogP contribution in [0, 0.1) is 12.7 Å². The van der Waals surface area contributed by atoms with Crippen LogP contribution in [0.2, 0.25) is 5.02 Å². The molecular weight excluding hydrogens is 371 g/mol. The zero-order valence-corrected chi connectivity index (χ0v) is 15.8. The van der Waals surface area contributed by atoms with Crippen molar-refractivity contribution >= 4 is 23.2 Å². The average molecular weight is 389 g/mol. The molecule has 0 fully saturated rings. The number of hydrogen-bond acceptors (Lipinski definition) is 4. The molecule has 140 valence electrons. The number of nitrogens with zero attached hydrogens (tertiary/aromatic N) is 1. The quantitative estimate of drug-likeness (QED) is 0.628. The lowest BCUT2D eigenvalue weighted by atomic mass is 10.0.